The predicted molar refractivity (Wildman–Crippen MR) is 81.9 cm³/mol. The van der Waals surface area contributed by atoms with E-state index in [9.17, 15) is 4.79 Å². The molecule has 20 heavy (non-hydrogen) atoms. The van der Waals surface area contributed by atoms with Crippen molar-refractivity contribution in [3.8, 4) is 0 Å². The minimum atomic E-state index is -0.753. The van der Waals surface area contributed by atoms with Gasteiger partial charge in [-0.15, -0.1) is 12.4 Å². The summed E-state index contributed by atoms with van der Waals surface area (Å²) in [7, 11) is 1.81. The van der Waals surface area contributed by atoms with Gasteiger partial charge in [-0.05, 0) is 25.3 Å². The molecule has 0 spiro atoms. The SMILES string of the molecule is Cc1cccc(CN(C)C(=O)C2(N)CCOCC2)c1.Cl. The second kappa shape index (κ2) is 7.07. The van der Waals surface area contributed by atoms with Crippen molar-refractivity contribution in [1.82, 2.24) is 4.90 Å². The normalized spacial score (nSPS) is 17.1. The first-order chi connectivity index (χ1) is 9.01. The number of carbonyl (C=O) groups excluding carboxylic acids is 1. The molecule has 0 saturated carbocycles. The molecule has 0 unspecified atom stereocenters. The Bertz CT molecular complexity index is 459. The summed E-state index contributed by atoms with van der Waals surface area (Å²) in [6.45, 7) is 3.79. The van der Waals surface area contributed by atoms with E-state index in [1.807, 2.05) is 32.2 Å². The molecule has 112 valence electrons. The lowest BCUT2D eigenvalue weighted by atomic mass is 9.89. The number of nitrogens with two attached hydrogens (primary N) is 1. The first kappa shape index (κ1) is 17.0. The Hall–Kier alpha value is -1.10. The zero-order chi connectivity index (χ0) is 13.9. The van der Waals surface area contributed by atoms with Gasteiger partial charge in [0.15, 0.2) is 0 Å². The van der Waals surface area contributed by atoms with Crippen molar-refractivity contribution in [3.05, 3.63) is 35.4 Å². The van der Waals surface area contributed by atoms with Crippen LogP contribution in [0.15, 0.2) is 24.3 Å². The van der Waals surface area contributed by atoms with Gasteiger partial charge < -0.3 is 15.4 Å². The number of hydrogen-bond donors (Lipinski definition) is 1. The number of likely N-dealkylation sites (N-methyl/N-ethyl adjacent to an activating group) is 1. The highest BCUT2D eigenvalue weighted by atomic mass is 35.5. The fraction of sp³-hybridized carbons (Fsp3) is 0.533. The maximum atomic E-state index is 12.5. The van der Waals surface area contributed by atoms with Crippen LogP contribution < -0.4 is 5.73 Å². The topological polar surface area (TPSA) is 55.6 Å². The van der Waals surface area contributed by atoms with Crippen LogP contribution in [-0.4, -0.2) is 36.6 Å². The standard InChI is InChI=1S/C15H22N2O2.ClH/c1-12-4-3-5-13(10-12)11-17(2)14(18)15(16)6-8-19-9-7-15;/h3-5,10H,6-9,11,16H2,1-2H3;1H. The van der Waals surface area contributed by atoms with E-state index >= 15 is 0 Å². The van der Waals surface area contributed by atoms with E-state index in [1.165, 1.54) is 5.56 Å². The number of carbonyl (C=O) groups is 1. The van der Waals surface area contributed by atoms with Gasteiger partial charge >= 0.3 is 0 Å². The maximum Gasteiger partial charge on any atom is 0.242 e. The fourth-order valence-corrected chi connectivity index (χ4v) is 2.49. The highest BCUT2D eigenvalue weighted by Crippen LogP contribution is 2.21. The minimum absolute atomic E-state index is 0. The summed E-state index contributed by atoms with van der Waals surface area (Å²) in [5, 5.41) is 0. The molecule has 5 heteroatoms. The summed E-state index contributed by atoms with van der Waals surface area (Å²) in [4.78, 5) is 14.2. The Labute approximate surface area is 126 Å². The summed E-state index contributed by atoms with van der Waals surface area (Å²) >= 11 is 0. The number of aryl methyl sites for hydroxylation is 1. The van der Waals surface area contributed by atoms with Crippen LogP contribution in [0.2, 0.25) is 0 Å². The number of rotatable bonds is 3. The lowest BCUT2D eigenvalue weighted by Crippen LogP contribution is -2.57. The third-order valence-electron chi connectivity index (χ3n) is 3.66. The molecule has 0 atom stereocenters. The van der Waals surface area contributed by atoms with E-state index in [4.69, 9.17) is 10.5 Å². The van der Waals surface area contributed by atoms with Crippen molar-refractivity contribution in [2.75, 3.05) is 20.3 Å². The van der Waals surface area contributed by atoms with Gasteiger partial charge in [0.05, 0.1) is 5.54 Å². The number of ether oxygens (including phenoxy) is 1. The Morgan fingerprint density at radius 2 is 2.05 bits per heavy atom. The van der Waals surface area contributed by atoms with Crippen LogP contribution in [-0.2, 0) is 16.1 Å². The zero-order valence-electron chi connectivity index (χ0n) is 12.1. The number of nitrogens with zero attached hydrogens (tertiary/aromatic N) is 1. The molecule has 1 aliphatic rings. The van der Waals surface area contributed by atoms with Gasteiger partial charge in [0.25, 0.3) is 0 Å². The molecule has 4 nitrogen and oxygen atoms in total. The van der Waals surface area contributed by atoms with E-state index in [0.29, 0.717) is 32.6 Å². The number of halogens is 1. The average molecular weight is 299 g/mol. The molecule has 2 rings (SSSR count). The number of hydrogen-bond acceptors (Lipinski definition) is 3. The molecule has 1 aliphatic heterocycles. The van der Waals surface area contributed by atoms with Crippen LogP contribution in [0.1, 0.15) is 24.0 Å². The molecule has 1 fully saturated rings. The zero-order valence-corrected chi connectivity index (χ0v) is 12.9. The van der Waals surface area contributed by atoms with Crippen molar-refractivity contribution in [2.45, 2.75) is 31.8 Å². The molecule has 1 amide bonds. The Morgan fingerprint density at radius 3 is 2.65 bits per heavy atom. The van der Waals surface area contributed by atoms with Gasteiger partial charge in [-0.25, -0.2) is 0 Å². The van der Waals surface area contributed by atoms with Gasteiger partial charge in [-0.3, -0.25) is 4.79 Å². The fourth-order valence-electron chi connectivity index (χ4n) is 2.49. The lowest BCUT2D eigenvalue weighted by Gasteiger charge is -2.35. The summed E-state index contributed by atoms with van der Waals surface area (Å²) in [6.07, 6.45) is 1.20. The minimum Gasteiger partial charge on any atom is -0.381 e. The number of benzene rings is 1. The Kier molecular flexibility index (Phi) is 5.99. The Morgan fingerprint density at radius 1 is 1.40 bits per heavy atom. The summed E-state index contributed by atoms with van der Waals surface area (Å²) in [5.41, 5.74) is 7.79. The molecule has 1 aromatic carbocycles. The summed E-state index contributed by atoms with van der Waals surface area (Å²) in [5.74, 6) is 0.0114. The third-order valence-corrected chi connectivity index (χ3v) is 3.66. The van der Waals surface area contributed by atoms with Crippen LogP contribution in [0, 0.1) is 6.92 Å². The molecule has 0 radical (unpaired) electrons. The molecule has 0 bridgehead atoms. The highest BCUT2D eigenvalue weighted by molar-refractivity contribution is 5.86. The molecule has 2 N–H and O–H groups in total. The average Bonchev–Trinajstić information content (AvgIpc) is 2.38. The van der Waals surface area contributed by atoms with Crippen molar-refractivity contribution < 1.29 is 9.53 Å². The van der Waals surface area contributed by atoms with E-state index in [1.54, 1.807) is 4.90 Å². The van der Waals surface area contributed by atoms with Crippen molar-refractivity contribution >= 4 is 18.3 Å². The van der Waals surface area contributed by atoms with E-state index in [2.05, 4.69) is 6.07 Å². The molecule has 1 heterocycles. The van der Waals surface area contributed by atoms with Gasteiger partial charge in [0.1, 0.15) is 0 Å². The highest BCUT2D eigenvalue weighted by Gasteiger charge is 2.37. The second-order valence-electron chi connectivity index (χ2n) is 5.42. The van der Waals surface area contributed by atoms with Crippen LogP contribution in [0.25, 0.3) is 0 Å². The molecule has 0 aromatic heterocycles. The molecule has 0 aliphatic carbocycles. The molecule has 1 aromatic rings. The monoisotopic (exact) mass is 298 g/mol. The smallest absolute Gasteiger partial charge is 0.242 e. The lowest BCUT2D eigenvalue weighted by molar-refractivity contribution is -0.139. The third kappa shape index (κ3) is 3.95. The van der Waals surface area contributed by atoms with Crippen LogP contribution in [0.5, 0.6) is 0 Å². The van der Waals surface area contributed by atoms with Gasteiger partial charge in [-0.2, -0.15) is 0 Å². The second-order valence-corrected chi connectivity index (χ2v) is 5.42. The van der Waals surface area contributed by atoms with E-state index in [0.717, 1.165) is 5.56 Å². The van der Waals surface area contributed by atoms with Gasteiger partial charge in [0, 0.05) is 26.8 Å². The maximum absolute atomic E-state index is 12.5. The molecular weight excluding hydrogens is 276 g/mol. The van der Waals surface area contributed by atoms with Crippen molar-refractivity contribution in [3.63, 3.8) is 0 Å². The Balaban J connectivity index is 0.00000200. The van der Waals surface area contributed by atoms with Crippen molar-refractivity contribution in [2.24, 2.45) is 5.73 Å². The quantitative estimate of drug-likeness (QED) is 0.927. The van der Waals surface area contributed by atoms with E-state index in [-0.39, 0.29) is 18.3 Å². The van der Waals surface area contributed by atoms with Crippen LogP contribution in [0.4, 0.5) is 0 Å². The summed E-state index contributed by atoms with van der Waals surface area (Å²) < 4.78 is 5.28. The van der Waals surface area contributed by atoms with Gasteiger partial charge in [-0.1, -0.05) is 29.8 Å². The van der Waals surface area contributed by atoms with Crippen LogP contribution >= 0.6 is 12.4 Å². The molecular formula is C15H23ClN2O2. The molecule has 1 saturated heterocycles. The largest absolute Gasteiger partial charge is 0.381 e. The number of amides is 1. The predicted octanol–water partition coefficient (Wildman–Crippen LogP) is 1.88. The first-order valence-corrected chi connectivity index (χ1v) is 6.69. The van der Waals surface area contributed by atoms with Crippen molar-refractivity contribution in [1.29, 1.82) is 0 Å². The first-order valence-electron chi connectivity index (χ1n) is 6.69. The van der Waals surface area contributed by atoms with Gasteiger partial charge in [0.2, 0.25) is 5.91 Å². The van der Waals surface area contributed by atoms with E-state index < -0.39 is 5.54 Å². The van der Waals surface area contributed by atoms with Crippen LogP contribution in [0.3, 0.4) is 0 Å². The summed E-state index contributed by atoms with van der Waals surface area (Å²) in [6, 6.07) is 8.19.